The number of piperidine rings is 1. The zero-order valence-corrected chi connectivity index (χ0v) is 11.2. The zero-order valence-electron chi connectivity index (χ0n) is 11.2. The van der Waals surface area contributed by atoms with Gasteiger partial charge in [-0.05, 0) is 49.3 Å². The number of hydrogen-bond acceptors (Lipinski definition) is 2. The number of nitrogens with two attached hydrogens (primary N) is 1. The number of carbonyl (C=O) groups excluding carboxylic acids is 1. The van der Waals surface area contributed by atoms with E-state index in [1.165, 1.54) is 36.1 Å². The number of anilines is 1. The van der Waals surface area contributed by atoms with Crippen LogP contribution in [-0.4, -0.2) is 19.1 Å². The van der Waals surface area contributed by atoms with Crippen molar-refractivity contribution in [3.8, 4) is 0 Å². The molecule has 1 aromatic carbocycles. The highest BCUT2D eigenvalue weighted by atomic mass is 16.2. The Morgan fingerprint density at radius 1 is 1.26 bits per heavy atom. The highest BCUT2D eigenvalue weighted by Crippen LogP contribution is 2.37. The fraction of sp³-hybridized carbons (Fsp3) is 0.533. The molecule has 1 atom stereocenters. The van der Waals surface area contributed by atoms with Crippen LogP contribution in [0.25, 0.3) is 0 Å². The van der Waals surface area contributed by atoms with Crippen molar-refractivity contribution in [1.29, 1.82) is 0 Å². The van der Waals surface area contributed by atoms with Crippen molar-refractivity contribution in [2.75, 3.05) is 18.0 Å². The van der Waals surface area contributed by atoms with Gasteiger partial charge in [0.05, 0.1) is 6.04 Å². The summed E-state index contributed by atoms with van der Waals surface area (Å²) >= 11 is 0. The fourth-order valence-electron chi connectivity index (χ4n) is 3.39. The van der Waals surface area contributed by atoms with Gasteiger partial charge in [0.25, 0.3) is 0 Å². The van der Waals surface area contributed by atoms with Crippen molar-refractivity contribution >= 4 is 11.7 Å². The van der Waals surface area contributed by atoms with Gasteiger partial charge in [-0.1, -0.05) is 12.1 Å². The van der Waals surface area contributed by atoms with Crippen molar-refractivity contribution in [3.63, 3.8) is 0 Å². The van der Waals surface area contributed by atoms with Crippen LogP contribution in [0.1, 0.15) is 42.9 Å². The van der Waals surface area contributed by atoms with Crippen LogP contribution in [0, 0.1) is 0 Å². The Morgan fingerprint density at radius 3 is 2.79 bits per heavy atom. The highest BCUT2D eigenvalue weighted by Gasteiger charge is 2.27. The van der Waals surface area contributed by atoms with E-state index in [0.717, 1.165) is 25.9 Å². The van der Waals surface area contributed by atoms with Gasteiger partial charge in [-0.2, -0.15) is 0 Å². The number of carbonyl (C=O) groups is 1. The van der Waals surface area contributed by atoms with E-state index in [2.05, 4.69) is 28.4 Å². The average Bonchev–Trinajstić information content (AvgIpc) is 2.82. The van der Waals surface area contributed by atoms with E-state index in [4.69, 9.17) is 5.73 Å². The predicted molar refractivity (Wildman–Crippen MR) is 76.3 cm³/mol. The summed E-state index contributed by atoms with van der Waals surface area (Å²) in [4.78, 5) is 13.5. The van der Waals surface area contributed by atoms with Crippen molar-refractivity contribution in [1.82, 2.24) is 5.32 Å². The minimum atomic E-state index is -0.429. The van der Waals surface area contributed by atoms with Gasteiger partial charge in [-0.15, -0.1) is 0 Å². The van der Waals surface area contributed by atoms with Crippen LogP contribution in [-0.2, 0) is 6.42 Å². The van der Waals surface area contributed by atoms with E-state index in [1.54, 1.807) is 0 Å². The molecule has 4 nitrogen and oxygen atoms in total. The average molecular weight is 259 g/mol. The molecule has 3 N–H and O–H groups in total. The van der Waals surface area contributed by atoms with Crippen LogP contribution >= 0.6 is 0 Å². The molecule has 3 rings (SSSR count). The second kappa shape index (κ2) is 5.11. The number of primary amides is 1. The molecule has 4 heteroatoms. The Bertz CT molecular complexity index is 480. The largest absolute Gasteiger partial charge is 0.371 e. The third-order valence-corrected chi connectivity index (χ3v) is 4.26. The van der Waals surface area contributed by atoms with Gasteiger partial charge in [0.1, 0.15) is 0 Å². The summed E-state index contributed by atoms with van der Waals surface area (Å²) in [5, 5.41) is 2.85. The lowest BCUT2D eigenvalue weighted by Gasteiger charge is -2.30. The summed E-state index contributed by atoms with van der Waals surface area (Å²) in [6, 6.07) is 6.11. The fourth-order valence-corrected chi connectivity index (χ4v) is 3.39. The molecule has 1 aliphatic carbocycles. The van der Waals surface area contributed by atoms with E-state index in [9.17, 15) is 4.79 Å². The molecule has 102 valence electrons. The third-order valence-electron chi connectivity index (χ3n) is 4.26. The molecule has 0 bridgehead atoms. The molecule has 0 radical (unpaired) electrons. The minimum Gasteiger partial charge on any atom is -0.371 e. The Morgan fingerprint density at radius 2 is 2.05 bits per heavy atom. The first-order valence-electron chi connectivity index (χ1n) is 7.18. The molecule has 2 aliphatic rings. The lowest BCUT2D eigenvalue weighted by Crippen LogP contribution is -2.32. The first-order valence-corrected chi connectivity index (χ1v) is 7.18. The molecule has 0 saturated carbocycles. The summed E-state index contributed by atoms with van der Waals surface area (Å²) in [5.41, 5.74) is 9.27. The third kappa shape index (κ3) is 2.39. The lowest BCUT2D eigenvalue weighted by molar-refractivity contribution is 0.245. The van der Waals surface area contributed by atoms with Crippen molar-refractivity contribution in [2.45, 2.75) is 38.1 Å². The number of hydrogen-bond donors (Lipinski definition) is 2. The van der Waals surface area contributed by atoms with Gasteiger partial charge in [0.2, 0.25) is 0 Å². The quantitative estimate of drug-likeness (QED) is 0.856. The van der Waals surface area contributed by atoms with Gasteiger partial charge in [-0.25, -0.2) is 4.79 Å². The molecule has 1 heterocycles. The number of rotatable bonds is 2. The summed E-state index contributed by atoms with van der Waals surface area (Å²) < 4.78 is 0. The van der Waals surface area contributed by atoms with Crippen LogP contribution < -0.4 is 16.0 Å². The van der Waals surface area contributed by atoms with Crippen LogP contribution in [0.4, 0.5) is 10.5 Å². The van der Waals surface area contributed by atoms with Gasteiger partial charge in [0.15, 0.2) is 0 Å². The monoisotopic (exact) mass is 259 g/mol. The SMILES string of the molecule is NC(=O)N[C@@H]1CCc2c1cccc2N1CCCCC1. The summed E-state index contributed by atoms with van der Waals surface area (Å²) in [7, 11) is 0. The number of benzene rings is 1. The van der Waals surface area contributed by atoms with Crippen LogP contribution in [0.15, 0.2) is 18.2 Å². The van der Waals surface area contributed by atoms with E-state index in [-0.39, 0.29) is 6.04 Å². The molecule has 1 fully saturated rings. The molecule has 1 saturated heterocycles. The Balaban J connectivity index is 1.88. The van der Waals surface area contributed by atoms with Gasteiger partial charge >= 0.3 is 6.03 Å². The Labute approximate surface area is 114 Å². The smallest absolute Gasteiger partial charge is 0.312 e. The van der Waals surface area contributed by atoms with E-state index < -0.39 is 6.03 Å². The molecule has 0 unspecified atom stereocenters. The van der Waals surface area contributed by atoms with Gasteiger partial charge < -0.3 is 16.0 Å². The van der Waals surface area contributed by atoms with Crippen molar-refractivity contribution in [3.05, 3.63) is 29.3 Å². The van der Waals surface area contributed by atoms with Crippen LogP contribution in [0.5, 0.6) is 0 Å². The van der Waals surface area contributed by atoms with Gasteiger partial charge in [-0.3, -0.25) is 0 Å². The number of nitrogens with zero attached hydrogens (tertiary/aromatic N) is 1. The summed E-state index contributed by atoms with van der Waals surface area (Å²) in [6.07, 6.45) is 5.91. The Hall–Kier alpha value is -1.71. The minimum absolute atomic E-state index is 0.0947. The molecule has 19 heavy (non-hydrogen) atoms. The maximum atomic E-state index is 11.1. The molecular weight excluding hydrogens is 238 g/mol. The lowest BCUT2D eigenvalue weighted by atomic mass is 10.0. The number of nitrogens with one attached hydrogen (secondary N) is 1. The van der Waals surface area contributed by atoms with Crippen molar-refractivity contribution in [2.24, 2.45) is 5.73 Å². The maximum Gasteiger partial charge on any atom is 0.312 e. The van der Waals surface area contributed by atoms with E-state index in [1.807, 2.05) is 0 Å². The predicted octanol–water partition coefficient (Wildman–Crippen LogP) is 2.33. The first kappa shape index (κ1) is 12.3. The summed E-state index contributed by atoms with van der Waals surface area (Å²) in [6.45, 7) is 2.31. The number of urea groups is 1. The van der Waals surface area contributed by atoms with E-state index in [0.29, 0.717) is 0 Å². The second-order valence-electron chi connectivity index (χ2n) is 5.49. The topological polar surface area (TPSA) is 58.4 Å². The number of fused-ring (bicyclic) bond motifs is 1. The maximum absolute atomic E-state index is 11.1. The van der Waals surface area contributed by atoms with E-state index >= 15 is 0 Å². The molecule has 0 spiro atoms. The summed E-state index contributed by atoms with van der Waals surface area (Å²) in [5.74, 6) is 0. The van der Waals surface area contributed by atoms with Crippen LogP contribution in [0.3, 0.4) is 0 Å². The van der Waals surface area contributed by atoms with Crippen LogP contribution in [0.2, 0.25) is 0 Å². The second-order valence-corrected chi connectivity index (χ2v) is 5.49. The Kier molecular flexibility index (Phi) is 3.32. The normalized spacial score (nSPS) is 22.1. The molecule has 1 aliphatic heterocycles. The molecule has 2 amide bonds. The van der Waals surface area contributed by atoms with Crippen molar-refractivity contribution < 1.29 is 4.79 Å². The highest BCUT2D eigenvalue weighted by molar-refractivity contribution is 5.73. The van der Waals surface area contributed by atoms with Gasteiger partial charge in [0, 0.05) is 18.8 Å². The molecule has 1 aromatic rings. The molecule has 0 aromatic heterocycles. The zero-order chi connectivity index (χ0) is 13.2. The molecular formula is C15H21N3O. The standard InChI is InChI=1S/C15H21N3O/c16-15(19)17-13-8-7-12-11(13)5-4-6-14(12)18-9-2-1-3-10-18/h4-6,13H,1-3,7-10H2,(H3,16,17,19)/t13-/m1/s1. The first-order chi connectivity index (χ1) is 9.25. The number of amides is 2.